The normalized spacial score (nSPS) is 22.9. The maximum Gasteiger partial charge on any atom is 0.351 e. The molecule has 2 amide bonds. The quantitative estimate of drug-likeness (QED) is 0.328. The van der Waals surface area contributed by atoms with E-state index in [9.17, 15) is 9.59 Å². The van der Waals surface area contributed by atoms with Crippen molar-refractivity contribution in [3.63, 3.8) is 0 Å². The van der Waals surface area contributed by atoms with Gasteiger partial charge in [0.1, 0.15) is 5.75 Å². The number of nitrogens with two attached hydrogens (primary N) is 1. The predicted molar refractivity (Wildman–Crippen MR) is 123 cm³/mol. The van der Waals surface area contributed by atoms with Crippen molar-refractivity contribution in [1.29, 1.82) is 0 Å². The zero-order valence-corrected chi connectivity index (χ0v) is 18.1. The molecule has 5 rings (SSSR count). The van der Waals surface area contributed by atoms with Crippen LogP contribution in [0.2, 0.25) is 0 Å². The number of aromatic nitrogens is 3. The fraction of sp³-hybridized carbons (Fsp3) is 0.304. The average Bonchev–Trinajstić information content (AvgIpc) is 3.54. The third kappa shape index (κ3) is 4.07. The number of primary amides is 1. The van der Waals surface area contributed by atoms with Crippen LogP contribution in [0.5, 0.6) is 5.75 Å². The van der Waals surface area contributed by atoms with Gasteiger partial charge < -0.3 is 26.1 Å². The molecule has 2 aliphatic carbocycles. The number of nitrogens with zero attached hydrogens (tertiary/aromatic N) is 1. The van der Waals surface area contributed by atoms with Gasteiger partial charge in [0.05, 0.1) is 23.0 Å². The number of hydrogen-bond donors (Lipinski definition) is 5. The van der Waals surface area contributed by atoms with Gasteiger partial charge in [-0.25, -0.2) is 4.98 Å². The van der Waals surface area contributed by atoms with Crippen LogP contribution in [0.3, 0.4) is 0 Å². The molecule has 1 fully saturated rings. The molecule has 10 heteroatoms. The Morgan fingerprint density at radius 1 is 1.27 bits per heavy atom. The van der Waals surface area contributed by atoms with Crippen molar-refractivity contribution >= 4 is 40.3 Å². The lowest BCUT2D eigenvalue weighted by molar-refractivity contribution is -0.346. The van der Waals surface area contributed by atoms with Gasteiger partial charge in [-0.05, 0) is 30.5 Å². The number of rotatable bonds is 8. The van der Waals surface area contributed by atoms with Crippen molar-refractivity contribution in [1.82, 2.24) is 15.3 Å². The van der Waals surface area contributed by atoms with Gasteiger partial charge in [0.2, 0.25) is 17.4 Å². The van der Waals surface area contributed by atoms with E-state index in [0.29, 0.717) is 17.3 Å². The first-order chi connectivity index (χ1) is 16.0. The van der Waals surface area contributed by atoms with E-state index in [0.717, 1.165) is 23.3 Å². The fourth-order valence-electron chi connectivity index (χ4n) is 4.75. The first-order valence-electron chi connectivity index (χ1n) is 10.9. The Morgan fingerprint density at radius 3 is 2.94 bits per heavy atom. The highest BCUT2D eigenvalue weighted by Crippen LogP contribution is 2.45. The van der Waals surface area contributed by atoms with Crippen molar-refractivity contribution < 1.29 is 19.3 Å². The van der Waals surface area contributed by atoms with E-state index in [1.165, 1.54) is 0 Å². The summed E-state index contributed by atoms with van der Waals surface area (Å²) in [5, 5.41) is 10.2. The number of amides is 2. The maximum atomic E-state index is 12.1. The second-order valence-electron chi connectivity index (χ2n) is 8.36. The van der Waals surface area contributed by atoms with Crippen LogP contribution in [-0.4, -0.2) is 41.5 Å². The standard InChI is InChI=1S/C23H25N7O3/c1-25-17(31)11-33-15-4-2-3-14(10-15)27-23-29-21-16(7-8-26-21)22(30-23)28-19-13-6-5-12(9-13)18(19)20(24)32/h2-8,10,12-13,18-19H,9,11H2,1H3,(H2,24,32)(H,25,31)(H3,26,27,28,29,30)/p+1. The van der Waals surface area contributed by atoms with Crippen molar-refractivity contribution in [3.05, 3.63) is 48.7 Å². The lowest BCUT2D eigenvalue weighted by Crippen LogP contribution is -2.42. The zero-order valence-electron chi connectivity index (χ0n) is 18.1. The molecule has 4 atom stereocenters. The highest BCUT2D eigenvalue weighted by molar-refractivity contribution is 5.87. The van der Waals surface area contributed by atoms with Crippen molar-refractivity contribution in [2.24, 2.45) is 23.5 Å². The Balaban J connectivity index is 1.39. The number of allylic oxidation sites excluding steroid dienone is 1. The number of hydrogen-bond acceptors (Lipinski definition) is 6. The molecular formula is C23H26N7O3+. The maximum absolute atomic E-state index is 12.1. The minimum atomic E-state index is -0.282. The van der Waals surface area contributed by atoms with Crippen LogP contribution in [0.25, 0.3) is 11.0 Å². The number of benzene rings is 1. The van der Waals surface area contributed by atoms with Gasteiger partial charge in [0.25, 0.3) is 5.91 Å². The van der Waals surface area contributed by atoms with Gasteiger partial charge in [-0.3, -0.25) is 14.9 Å². The van der Waals surface area contributed by atoms with Crippen LogP contribution in [-0.2, 0) is 9.59 Å². The van der Waals surface area contributed by atoms with E-state index >= 15 is 0 Å². The highest BCUT2D eigenvalue weighted by Gasteiger charge is 2.49. The lowest BCUT2D eigenvalue weighted by Gasteiger charge is -2.25. The van der Waals surface area contributed by atoms with Gasteiger partial charge >= 0.3 is 5.95 Å². The second-order valence-corrected chi connectivity index (χ2v) is 8.36. The van der Waals surface area contributed by atoms with E-state index in [1.54, 1.807) is 19.2 Å². The molecular weight excluding hydrogens is 422 g/mol. The third-order valence-corrected chi connectivity index (χ3v) is 6.31. The Hall–Kier alpha value is -4.08. The van der Waals surface area contributed by atoms with Gasteiger partial charge in [-0.15, -0.1) is 0 Å². The lowest BCUT2D eigenvalue weighted by atomic mass is 9.88. The monoisotopic (exact) mass is 448 g/mol. The summed E-state index contributed by atoms with van der Waals surface area (Å²) in [6, 6.07) is 9.11. The summed E-state index contributed by atoms with van der Waals surface area (Å²) in [5.41, 5.74) is 7.16. The number of aromatic amines is 2. The summed E-state index contributed by atoms with van der Waals surface area (Å²) < 4.78 is 5.52. The number of ether oxygens (including phenoxy) is 1. The molecule has 2 bridgehead atoms. The number of carbonyl (C=O) groups is 2. The molecule has 0 saturated heterocycles. The van der Waals surface area contributed by atoms with E-state index in [1.807, 2.05) is 24.4 Å². The minimum Gasteiger partial charge on any atom is -0.484 e. The SMILES string of the molecule is CNC(=O)COc1cccc(Nc2nc3[nH]ccc3c(NC3C4C=CC(C4)C3C(N)=O)[nH+]2)c1. The summed E-state index contributed by atoms with van der Waals surface area (Å²) in [7, 11) is 1.56. The summed E-state index contributed by atoms with van der Waals surface area (Å²) in [5.74, 6) is 1.52. The molecule has 0 aliphatic heterocycles. The van der Waals surface area contributed by atoms with Crippen LogP contribution in [0, 0.1) is 17.8 Å². The van der Waals surface area contributed by atoms with Crippen LogP contribution in [0.1, 0.15) is 6.42 Å². The molecule has 33 heavy (non-hydrogen) atoms. The van der Waals surface area contributed by atoms with Gasteiger partial charge in [-0.2, -0.15) is 0 Å². The first-order valence-corrected chi connectivity index (χ1v) is 10.9. The van der Waals surface area contributed by atoms with Gasteiger partial charge in [0, 0.05) is 25.2 Å². The van der Waals surface area contributed by atoms with Crippen LogP contribution < -0.4 is 31.4 Å². The van der Waals surface area contributed by atoms with Crippen molar-refractivity contribution in [2.45, 2.75) is 12.5 Å². The Bertz CT molecular complexity index is 1240. The summed E-state index contributed by atoms with van der Waals surface area (Å²) in [4.78, 5) is 34.6. The number of carbonyl (C=O) groups excluding carboxylic acids is 2. The number of likely N-dealkylation sites (N-methyl/N-ethyl adjacent to an activating group) is 1. The number of nitrogens with one attached hydrogen (secondary N) is 5. The second kappa shape index (κ2) is 8.45. The molecule has 0 spiro atoms. The molecule has 3 aromatic rings. The van der Waals surface area contributed by atoms with Crippen molar-refractivity contribution in [3.8, 4) is 5.75 Å². The number of anilines is 3. The number of H-pyrrole nitrogens is 2. The van der Waals surface area contributed by atoms with E-state index in [-0.39, 0.29) is 42.2 Å². The summed E-state index contributed by atoms with van der Waals surface area (Å²) >= 11 is 0. The molecule has 10 nitrogen and oxygen atoms in total. The fourth-order valence-corrected chi connectivity index (χ4v) is 4.75. The smallest absolute Gasteiger partial charge is 0.351 e. The largest absolute Gasteiger partial charge is 0.484 e. The summed E-state index contributed by atoms with van der Waals surface area (Å²) in [6.07, 6.45) is 7.02. The first kappa shape index (κ1) is 20.8. The minimum absolute atomic E-state index is 0.0636. The Labute approximate surface area is 190 Å². The van der Waals surface area contributed by atoms with E-state index < -0.39 is 0 Å². The molecule has 1 saturated carbocycles. The van der Waals surface area contributed by atoms with Crippen LogP contribution in [0.15, 0.2) is 48.7 Å². The van der Waals surface area contributed by atoms with Crippen molar-refractivity contribution in [2.75, 3.05) is 24.3 Å². The molecule has 2 aromatic heterocycles. The van der Waals surface area contributed by atoms with Crippen LogP contribution in [0.4, 0.5) is 17.5 Å². The molecule has 1 aromatic carbocycles. The van der Waals surface area contributed by atoms with E-state index in [2.05, 4.69) is 43.1 Å². The topological polar surface area (TPSA) is 148 Å². The molecule has 7 N–H and O–H groups in total. The van der Waals surface area contributed by atoms with Crippen LogP contribution >= 0.6 is 0 Å². The van der Waals surface area contributed by atoms with Gasteiger partial charge in [0.15, 0.2) is 6.61 Å². The molecule has 2 heterocycles. The molecule has 0 radical (unpaired) electrons. The molecule has 4 unspecified atom stereocenters. The van der Waals surface area contributed by atoms with Gasteiger partial charge in [-0.1, -0.05) is 23.2 Å². The predicted octanol–water partition coefficient (Wildman–Crippen LogP) is 1.33. The average molecular weight is 449 g/mol. The summed E-state index contributed by atoms with van der Waals surface area (Å²) in [6.45, 7) is -0.0636. The zero-order chi connectivity index (χ0) is 22.9. The Morgan fingerprint density at radius 2 is 2.12 bits per heavy atom. The molecule has 2 aliphatic rings. The van der Waals surface area contributed by atoms with E-state index in [4.69, 9.17) is 10.5 Å². The molecule has 170 valence electrons. The third-order valence-electron chi connectivity index (χ3n) is 6.31. The Kier molecular flexibility index (Phi) is 5.33. The highest BCUT2D eigenvalue weighted by atomic mass is 16.5. The number of fused-ring (bicyclic) bond motifs is 3.